The van der Waals surface area contributed by atoms with E-state index in [1.807, 2.05) is 73.7 Å². The maximum absolute atomic E-state index is 12.8. The Morgan fingerprint density at radius 1 is 0.920 bits per heavy atom. The van der Waals surface area contributed by atoms with Crippen molar-refractivity contribution in [1.29, 1.82) is 0 Å². The van der Waals surface area contributed by atoms with Gasteiger partial charge in [-0.05, 0) is 30.5 Å². The van der Waals surface area contributed by atoms with Crippen molar-refractivity contribution in [2.75, 3.05) is 10.2 Å². The van der Waals surface area contributed by atoms with Crippen LogP contribution in [0.5, 0.6) is 0 Å². The molecule has 0 radical (unpaired) electrons. The maximum Gasteiger partial charge on any atom is 0.256 e. The van der Waals surface area contributed by atoms with Crippen LogP contribution < -0.4 is 10.2 Å². The second kappa shape index (κ2) is 6.06. The standard InChI is InChI=1S/C21H18N2O2/c1-14-9-11-16(12-10-14)23-20(24)13-19(21(23)25)22-18-8-4-6-15-5-2-3-7-17(15)18/h2-12,19,22H,13H2,1H3/t19-/m0/s1. The fourth-order valence-electron chi connectivity index (χ4n) is 3.25. The highest BCUT2D eigenvalue weighted by atomic mass is 16.2. The molecule has 1 fully saturated rings. The summed E-state index contributed by atoms with van der Waals surface area (Å²) in [5.74, 6) is -0.381. The second-order valence-corrected chi connectivity index (χ2v) is 6.33. The Bertz CT molecular complexity index is 958. The smallest absolute Gasteiger partial charge is 0.256 e. The van der Waals surface area contributed by atoms with Crippen LogP contribution in [0.1, 0.15) is 12.0 Å². The fourth-order valence-corrected chi connectivity index (χ4v) is 3.25. The van der Waals surface area contributed by atoms with Gasteiger partial charge in [-0.3, -0.25) is 9.59 Å². The van der Waals surface area contributed by atoms with Crippen LogP contribution in [0.3, 0.4) is 0 Å². The van der Waals surface area contributed by atoms with Crippen LogP contribution in [-0.2, 0) is 9.59 Å². The van der Waals surface area contributed by atoms with Crippen LogP contribution in [-0.4, -0.2) is 17.9 Å². The highest BCUT2D eigenvalue weighted by Gasteiger charge is 2.39. The van der Waals surface area contributed by atoms with Gasteiger partial charge in [0.2, 0.25) is 5.91 Å². The van der Waals surface area contributed by atoms with Gasteiger partial charge in [0.05, 0.1) is 12.1 Å². The molecule has 1 aliphatic rings. The Kier molecular flexibility index (Phi) is 3.73. The summed E-state index contributed by atoms with van der Waals surface area (Å²) in [6.45, 7) is 1.97. The normalized spacial score (nSPS) is 17.3. The molecule has 1 saturated heterocycles. The van der Waals surface area contributed by atoms with E-state index in [4.69, 9.17) is 0 Å². The van der Waals surface area contributed by atoms with Crippen molar-refractivity contribution in [2.24, 2.45) is 0 Å². The van der Waals surface area contributed by atoms with Crippen molar-refractivity contribution in [3.05, 3.63) is 72.3 Å². The number of nitrogens with one attached hydrogen (secondary N) is 1. The van der Waals surface area contributed by atoms with Gasteiger partial charge in [-0.1, -0.05) is 54.1 Å². The van der Waals surface area contributed by atoms with Gasteiger partial charge in [-0.15, -0.1) is 0 Å². The molecule has 3 aromatic carbocycles. The van der Waals surface area contributed by atoms with E-state index in [1.54, 1.807) is 0 Å². The van der Waals surface area contributed by atoms with Crippen LogP contribution in [0, 0.1) is 6.92 Å². The van der Waals surface area contributed by atoms with Crippen LogP contribution in [0.2, 0.25) is 0 Å². The summed E-state index contributed by atoms with van der Waals surface area (Å²) in [5, 5.41) is 5.40. The van der Waals surface area contributed by atoms with Crippen LogP contribution in [0.25, 0.3) is 10.8 Å². The Balaban J connectivity index is 1.63. The number of aryl methyl sites for hydroxylation is 1. The summed E-state index contributed by atoms with van der Waals surface area (Å²) >= 11 is 0. The van der Waals surface area contributed by atoms with Crippen LogP contribution >= 0.6 is 0 Å². The van der Waals surface area contributed by atoms with Gasteiger partial charge in [0.15, 0.2) is 0 Å². The number of benzene rings is 3. The zero-order valence-electron chi connectivity index (χ0n) is 13.9. The molecule has 1 heterocycles. The lowest BCUT2D eigenvalue weighted by molar-refractivity contribution is -0.121. The molecule has 4 nitrogen and oxygen atoms in total. The van der Waals surface area contributed by atoms with Crippen molar-refractivity contribution in [1.82, 2.24) is 0 Å². The number of carbonyl (C=O) groups excluding carboxylic acids is 2. The molecule has 0 saturated carbocycles. The van der Waals surface area contributed by atoms with Crippen molar-refractivity contribution in [3.63, 3.8) is 0 Å². The van der Waals surface area contributed by atoms with Crippen LogP contribution in [0.4, 0.5) is 11.4 Å². The summed E-state index contributed by atoms with van der Waals surface area (Å²) in [6.07, 6.45) is 0.163. The summed E-state index contributed by atoms with van der Waals surface area (Å²) < 4.78 is 0. The molecule has 1 N–H and O–H groups in total. The lowest BCUT2D eigenvalue weighted by Gasteiger charge is -2.17. The van der Waals surface area contributed by atoms with E-state index in [0.29, 0.717) is 5.69 Å². The molecule has 0 spiro atoms. The molecule has 25 heavy (non-hydrogen) atoms. The van der Waals surface area contributed by atoms with E-state index in [-0.39, 0.29) is 18.2 Å². The van der Waals surface area contributed by atoms with Crippen molar-refractivity contribution in [2.45, 2.75) is 19.4 Å². The van der Waals surface area contributed by atoms with E-state index in [9.17, 15) is 9.59 Å². The Morgan fingerprint density at radius 3 is 2.44 bits per heavy atom. The number of carbonyl (C=O) groups is 2. The van der Waals surface area contributed by atoms with Crippen LogP contribution in [0.15, 0.2) is 66.7 Å². The first-order valence-electron chi connectivity index (χ1n) is 8.31. The molecule has 4 heteroatoms. The lowest BCUT2D eigenvalue weighted by atomic mass is 10.1. The number of anilines is 2. The quantitative estimate of drug-likeness (QED) is 0.741. The average Bonchev–Trinajstić information content (AvgIpc) is 2.90. The number of amides is 2. The predicted octanol–water partition coefficient (Wildman–Crippen LogP) is 3.89. The average molecular weight is 330 g/mol. The molecule has 1 aliphatic heterocycles. The number of fused-ring (bicyclic) bond motifs is 1. The third kappa shape index (κ3) is 2.76. The highest BCUT2D eigenvalue weighted by Crippen LogP contribution is 2.28. The van der Waals surface area contributed by atoms with E-state index in [1.165, 1.54) is 4.90 Å². The van der Waals surface area contributed by atoms with E-state index >= 15 is 0 Å². The second-order valence-electron chi connectivity index (χ2n) is 6.33. The number of imide groups is 1. The largest absolute Gasteiger partial charge is 0.373 e. The molecule has 3 aromatic rings. The Labute approximate surface area is 146 Å². The van der Waals surface area contributed by atoms with Gasteiger partial charge in [0.1, 0.15) is 6.04 Å². The highest BCUT2D eigenvalue weighted by molar-refractivity contribution is 6.23. The van der Waals surface area contributed by atoms with Gasteiger partial charge < -0.3 is 5.32 Å². The van der Waals surface area contributed by atoms with Crippen molar-refractivity contribution < 1.29 is 9.59 Å². The van der Waals surface area contributed by atoms with E-state index in [2.05, 4.69) is 5.32 Å². The maximum atomic E-state index is 12.8. The van der Waals surface area contributed by atoms with Gasteiger partial charge in [0, 0.05) is 11.1 Å². The van der Waals surface area contributed by atoms with Crippen molar-refractivity contribution >= 4 is 34.0 Å². The zero-order valence-corrected chi connectivity index (χ0v) is 13.9. The number of hydrogen-bond donors (Lipinski definition) is 1. The van der Waals surface area contributed by atoms with Gasteiger partial charge in [0.25, 0.3) is 5.91 Å². The summed E-state index contributed by atoms with van der Waals surface area (Å²) in [7, 11) is 0. The SMILES string of the molecule is Cc1ccc(N2C(=O)C[C@H](Nc3cccc4ccccc34)C2=O)cc1. The molecule has 0 bridgehead atoms. The lowest BCUT2D eigenvalue weighted by Crippen LogP contribution is -2.34. The monoisotopic (exact) mass is 330 g/mol. The van der Waals surface area contributed by atoms with Gasteiger partial charge in [-0.2, -0.15) is 0 Å². The number of hydrogen-bond acceptors (Lipinski definition) is 3. The first-order chi connectivity index (χ1) is 12.1. The first kappa shape index (κ1) is 15.4. The zero-order chi connectivity index (χ0) is 17.4. The van der Waals surface area contributed by atoms with Gasteiger partial charge in [-0.25, -0.2) is 4.90 Å². The third-order valence-corrected chi connectivity index (χ3v) is 4.56. The predicted molar refractivity (Wildman–Crippen MR) is 99.6 cm³/mol. The molecule has 0 aromatic heterocycles. The molecule has 0 unspecified atom stereocenters. The molecule has 124 valence electrons. The third-order valence-electron chi connectivity index (χ3n) is 4.56. The van der Waals surface area contributed by atoms with E-state index < -0.39 is 6.04 Å². The Morgan fingerprint density at radius 2 is 1.64 bits per heavy atom. The molecule has 1 atom stereocenters. The summed E-state index contributed by atoms with van der Waals surface area (Å²) in [4.78, 5) is 26.5. The number of nitrogens with zero attached hydrogens (tertiary/aromatic N) is 1. The Hall–Kier alpha value is -3.14. The topological polar surface area (TPSA) is 49.4 Å². The minimum absolute atomic E-state index is 0.163. The minimum atomic E-state index is -0.542. The van der Waals surface area contributed by atoms with Crippen molar-refractivity contribution in [3.8, 4) is 0 Å². The molecule has 0 aliphatic carbocycles. The van der Waals surface area contributed by atoms with E-state index in [0.717, 1.165) is 22.0 Å². The van der Waals surface area contributed by atoms with Gasteiger partial charge >= 0.3 is 0 Å². The summed E-state index contributed by atoms with van der Waals surface area (Å²) in [6, 6.07) is 20.8. The number of rotatable bonds is 3. The molecular weight excluding hydrogens is 312 g/mol. The first-order valence-corrected chi connectivity index (χ1v) is 8.31. The molecular formula is C21H18N2O2. The molecule has 2 amide bonds. The summed E-state index contributed by atoms with van der Waals surface area (Å²) in [5.41, 5.74) is 2.59. The fraction of sp³-hybridized carbons (Fsp3) is 0.143. The minimum Gasteiger partial charge on any atom is -0.373 e. The molecule has 4 rings (SSSR count).